The molecule has 0 heterocycles. The molecule has 1 amide bonds. The van der Waals surface area contributed by atoms with E-state index < -0.39 is 0 Å². The first-order valence-electron chi connectivity index (χ1n) is 6.59. The van der Waals surface area contributed by atoms with Crippen LogP contribution in [0.1, 0.15) is 52.9 Å². The molecule has 0 aliphatic heterocycles. The molecule has 94 valence electrons. The molecule has 0 spiro atoms. The molecule has 1 aliphatic carbocycles. The van der Waals surface area contributed by atoms with E-state index in [1.54, 1.807) is 0 Å². The molecular weight excluding hydrogens is 200 g/mol. The monoisotopic (exact) mass is 226 g/mol. The zero-order valence-electron chi connectivity index (χ0n) is 11.0. The molecule has 0 aromatic carbocycles. The molecule has 0 saturated heterocycles. The van der Waals surface area contributed by atoms with Crippen LogP contribution in [0, 0.1) is 5.41 Å². The second-order valence-corrected chi connectivity index (χ2v) is 5.20. The molecule has 0 aromatic rings. The highest BCUT2D eigenvalue weighted by molar-refractivity contribution is 5.82. The van der Waals surface area contributed by atoms with Crippen LogP contribution >= 0.6 is 0 Å². The van der Waals surface area contributed by atoms with Gasteiger partial charge < -0.3 is 10.6 Å². The van der Waals surface area contributed by atoms with Gasteiger partial charge in [-0.3, -0.25) is 4.79 Å². The Kier molecular flexibility index (Phi) is 4.78. The van der Waals surface area contributed by atoms with Crippen LogP contribution in [0.5, 0.6) is 0 Å². The number of carbonyl (C=O) groups is 1. The Morgan fingerprint density at radius 3 is 2.19 bits per heavy atom. The van der Waals surface area contributed by atoms with E-state index in [1.165, 1.54) is 19.3 Å². The van der Waals surface area contributed by atoms with Crippen LogP contribution in [-0.4, -0.2) is 29.9 Å². The summed E-state index contributed by atoms with van der Waals surface area (Å²) in [4.78, 5) is 14.1. The molecule has 1 saturated carbocycles. The molecule has 0 radical (unpaired) electrons. The summed E-state index contributed by atoms with van der Waals surface area (Å²) < 4.78 is 0. The largest absolute Gasteiger partial charge is 0.342 e. The van der Waals surface area contributed by atoms with Gasteiger partial charge in [0.25, 0.3) is 0 Å². The van der Waals surface area contributed by atoms with E-state index in [0.717, 1.165) is 25.9 Å². The third kappa shape index (κ3) is 2.76. The molecule has 1 aliphatic rings. The van der Waals surface area contributed by atoms with Gasteiger partial charge in [-0.05, 0) is 32.1 Å². The summed E-state index contributed by atoms with van der Waals surface area (Å²) in [7, 11) is 0. The molecule has 1 atom stereocenters. The summed E-state index contributed by atoms with van der Waals surface area (Å²) in [6, 6.07) is -0.312. The lowest BCUT2D eigenvalue weighted by molar-refractivity contribution is -0.135. The first-order valence-corrected chi connectivity index (χ1v) is 6.59. The van der Waals surface area contributed by atoms with Crippen LogP contribution in [-0.2, 0) is 4.79 Å². The Hall–Kier alpha value is -0.570. The van der Waals surface area contributed by atoms with Crippen molar-refractivity contribution < 1.29 is 4.79 Å². The normalized spacial score (nSPS) is 21.5. The highest BCUT2D eigenvalue weighted by Gasteiger charge is 2.38. The molecule has 3 nitrogen and oxygen atoms in total. The third-order valence-electron chi connectivity index (χ3n) is 4.09. The van der Waals surface area contributed by atoms with E-state index in [-0.39, 0.29) is 17.4 Å². The maximum absolute atomic E-state index is 12.2. The quantitative estimate of drug-likeness (QED) is 0.798. The Balaban J connectivity index is 2.67. The van der Waals surface area contributed by atoms with Crippen molar-refractivity contribution in [2.24, 2.45) is 11.1 Å². The number of amides is 1. The zero-order chi connectivity index (χ0) is 12.2. The fourth-order valence-electron chi connectivity index (χ4n) is 2.70. The van der Waals surface area contributed by atoms with Crippen LogP contribution in [0.2, 0.25) is 0 Å². The lowest BCUT2D eigenvalue weighted by atomic mass is 9.70. The van der Waals surface area contributed by atoms with E-state index in [4.69, 9.17) is 5.73 Å². The van der Waals surface area contributed by atoms with Gasteiger partial charge in [-0.15, -0.1) is 0 Å². The van der Waals surface area contributed by atoms with Crippen molar-refractivity contribution in [1.29, 1.82) is 0 Å². The van der Waals surface area contributed by atoms with Gasteiger partial charge in [0.15, 0.2) is 0 Å². The average molecular weight is 226 g/mol. The first kappa shape index (κ1) is 13.5. The predicted molar refractivity (Wildman–Crippen MR) is 67.1 cm³/mol. The number of carbonyl (C=O) groups excluding carboxylic acids is 1. The minimum atomic E-state index is -0.312. The maximum Gasteiger partial charge on any atom is 0.240 e. The summed E-state index contributed by atoms with van der Waals surface area (Å²) in [5, 5.41) is 0. The van der Waals surface area contributed by atoms with Crippen LogP contribution in [0.15, 0.2) is 0 Å². The van der Waals surface area contributed by atoms with Crippen molar-refractivity contribution in [2.75, 3.05) is 13.1 Å². The molecule has 0 unspecified atom stereocenters. The molecule has 1 fully saturated rings. The molecule has 0 aromatic heterocycles. The average Bonchev–Trinajstić information content (AvgIpc) is 2.30. The van der Waals surface area contributed by atoms with E-state index in [0.29, 0.717) is 0 Å². The van der Waals surface area contributed by atoms with Gasteiger partial charge in [0.2, 0.25) is 5.91 Å². The molecule has 0 bridgehead atoms. The van der Waals surface area contributed by atoms with Crippen LogP contribution in [0.4, 0.5) is 0 Å². The molecule has 1 rings (SSSR count). The highest BCUT2D eigenvalue weighted by Crippen LogP contribution is 2.38. The van der Waals surface area contributed by atoms with Crippen molar-refractivity contribution in [2.45, 2.75) is 58.9 Å². The standard InChI is InChI=1S/C13H26N2O/c1-4-15(5-2)12(16)11(14)13(3)9-7-6-8-10-13/h11H,4-10,14H2,1-3H3/t11-/m1/s1. The molecule has 3 heteroatoms. The fraction of sp³-hybridized carbons (Fsp3) is 0.923. The summed E-state index contributed by atoms with van der Waals surface area (Å²) in [5.41, 5.74) is 6.21. The summed E-state index contributed by atoms with van der Waals surface area (Å²) in [6.45, 7) is 7.73. The highest BCUT2D eigenvalue weighted by atomic mass is 16.2. The topological polar surface area (TPSA) is 46.3 Å². The maximum atomic E-state index is 12.2. The Labute approximate surface area is 99.4 Å². The van der Waals surface area contributed by atoms with E-state index >= 15 is 0 Å². The van der Waals surface area contributed by atoms with Crippen molar-refractivity contribution in [3.63, 3.8) is 0 Å². The van der Waals surface area contributed by atoms with Gasteiger partial charge in [0.1, 0.15) is 0 Å². The van der Waals surface area contributed by atoms with Crippen LogP contribution < -0.4 is 5.73 Å². The number of rotatable bonds is 4. The second kappa shape index (κ2) is 5.67. The van der Waals surface area contributed by atoms with Crippen molar-refractivity contribution in [1.82, 2.24) is 4.90 Å². The van der Waals surface area contributed by atoms with Crippen LogP contribution in [0.25, 0.3) is 0 Å². The van der Waals surface area contributed by atoms with Gasteiger partial charge in [0.05, 0.1) is 6.04 Å². The lowest BCUT2D eigenvalue weighted by Gasteiger charge is -2.39. The number of likely N-dealkylation sites (N-methyl/N-ethyl adjacent to an activating group) is 1. The molecular formula is C13H26N2O. The van der Waals surface area contributed by atoms with Gasteiger partial charge in [-0.25, -0.2) is 0 Å². The zero-order valence-corrected chi connectivity index (χ0v) is 11.0. The summed E-state index contributed by atoms with van der Waals surface area (Å²) in [5.74, 6) is 0.134. The number of nitrogens with two attached hydrogens (primary N) is 1. The lowest BCUT2D eigenvalue weighted by Crippen LogP contribution is -2.53. The summed E-state index contributed by atoms with van der Waals surface area (Å²) >= 11 is 0. The fourth-order valence-corrected chi connectivity index (χ4v) is 2.70. The third-order valence-corrected chi connectivity index (χ3v) is 4.09. The van der Waals surface area contributed by atoms with Crippen molar-refractivity contribution in [3.8, 4) is 0 Å². The van der Waals surface area contributed by atoms with E-state index in [9.17, 15) is 4.79 Å². The smallest absolute Gasteiger partial charge is 0.240 e. The van der Waals surface area contributed by atoms with E-state index in [1.807, 2.05) is 18.7 Å². The van der Waals surface area contributed by atoms with E-state index in [2.05, 4.69) is 6.92 Å². The van der Waals surface area contributed by atoms with Gasteiger partial charge >= 0.3 is 0 Å². The van der Waals surface area contributed by atoms with Gasteiger partial charge in [-0.1, -0.05) is 26.2 Å². The van der Waals surface area contributed by atoms with Crippen molar-refractivity contribution >= 4 is 5.91 Å². The Morgan fingerprint density at radius 2 is 1.75 bits per heavy atom. The Morgan fingerprint density at radius 1 is 1.25 bits per heavy atom. The molecule has 2 N–H and O–H groups in total. The Bertz CT molecular complexity index is 230. The SMILES string of the molecule is CCN(CC)C(=O)[C@@H](N)C1(C)CCCCC1. The predicted octanol–water partition coefficient (Wildman–Crippen LogP) is 2.15. The van der Waals surface area contributed by atoms with Gasteiger partial charge in [-0.2, -0.15) is 0 Å². The minimum absolute atomic E-state index is 0.0257. The number of hydrogen-bond acceptors (Lipinski definition) is 2. The number of nitrogens with zero attached hydrogens (tertiary/aromatic N) is 1. The van der Waals surface area contributed by atoms with Crippen LogP contribution in [0.3, 0.4) is 0 Å². The minimum Gasteiger partial charge on any atom is -0.342 e. The first-order chi connectivity index (χ1) is 7.55. The summed E-state index contributed by atoms with van der Waals surface area (Å²) in [6.07, 6.45) is 5.93. The molecule has 16 heavy (non-hydrogen) atoms. The van der Waals surface area contributed by atoms with Crippen molar-refractivity contribution in [3.05, 3.63) is 0 Å². The number of hydrogen-bond donors (Lipinski definition) is 1. The van der Waals surface area contributed by atoms with Gasteiger partial charge in [0, 0.05) is 13.1 Å². The second-order valence-electron chi connectivity index (χ2n) is 5.20.